The first-order chi connectivity index (χ1) is 7.36. The maximum atomic E-state index is 9.86. The number of amidine groups is 1. The van der Waals surface area contributed by atoms with Crippen LogP contribution in [0.15, 0.2) is 35.3 Å². The van der Waals surface area contributed by atoms with Crippen molar-refractivity contribution in [1.82, 2.24) is 5.32 Å². The summed E-state index contributed by atoms with van der Waals surface area (Å²) < 4.78 is 0. The molecular weight excluding hydrogens is 188 g/mol. The summed E-state index contributed by atoms with van der Waals surface area (Å²) in [4.78, 5) is 4.30. The molecule has 0 aliphatic carbocycles. The molecule has 15 heavy (non-hydrogen) atoms. The van der Waals surface area contributed by atoms with Crippen LogP contribution < -0.4 is 5.32 Å². The summed E-state index contributed by atoms with van der Waals surface area (Å²) in [5, 5.41) is 13.0. The Bertz CT molecular complexity index is 335. The van der Waals surface area contributed by atoms with Crippen LogP contribution in [-0.2, 0) is 0 Å². The number of nitrogens with one attached hydrogen (secondary N) is 1. The third kappa shape index (κ3) is 2.80. The summed E-state index contributed by atoms with van der Waals surface area (Å²) in [7, 11) is 0. The van der Waals surface area contributed by atoms with Gasteiger partial charge >= 0.3 is 0 Å². The van der Waals surface area contributed by atoms with E-state index in [-0.39, 0.29) is 0 Å². The quantitative estimate of drug-likeness (QED) is 0.783. The van der Waals surface area contributed by atoms with Crippen LogP contribution >= 0.6 is 0 Å². The topological polar surface area (TPSA) is 44.6 Å². The molecule has 0 bridgehead atoms. The van der Waals surface area contributed by atoms with Crippen molar-refractivity contribution in [2.75, 3.05) is 13.1 Å². The molecule has 0 saturated heterocycles. The summed E-state index contributed by atoms with van der Waals surface area (Å²) in [5.74, 6) is 1.03. The summed E-state index contributed by atoms with van der Waals surface area (Å²) >= 11 is 0. The molecule has 1 atom stereocenters. The van der Waals surface area contributed by atoms with E-state index in [0.29, 0.717) is 6.54 Å². The Kier molecular flexibility index (Phi) is 3.35. The first-order valence-electron chi connectivity index (χ1n) is 5.36. The summed E-state index contributed by atoms with van der Waals surface area (Å²) in [6.45, 7) is 1.46. The summed E-state index contributed by atoms with van der Waals surface area (Å²) in [5.41, 5.74) is 0.948. The van der Waals surface area contributed by atoms with Crippen LogP contribution in [0, 0.1) is 0 Å². The Morgan fingerprint density at radius 1 is 1.33 bits per heavy atom. The standard InChI is InChI=1S/C12H16N2O/c15-11(10-5-2-1-3-6-10)9-14-12-7-4-8-13-12/h1-3,5-6,11,15H,4,7-9H2,(H,13,14). The number of hydrogen-bond acceptors (Lipinski definition) is 3. The minimum Gasteiger partial charge on any atom is -0.387 e. The van der Waals surface area contributed by atoms with E-state index in [0.717, 1.165) is 30.8 Å². The van der Waals surface area contributed by atoms with Gasteiger partial charge in [-0.1, -0.05) is 30.3 Å². The van der Waals surface area contributed by atoms with Crippen LogP contribution in [0.2, 0.25) is 0 Å². The third-order valence-corrected chi connectivity index (χ3v) is 2.56. The van der Waals surface area contributed by atoms with Crippen LogP contribution in [-0.4, -0.2) is 24.0 Å². The molecule has 1 aliphatic rings. The van der Waals surface area contributed by atoms with E-state index in [1.165, 1.54) is 0 Å². The van der Waals surface area contributed by atoms with Crippen molar-refractivity contribution in [2.45, 2.75) is 18.9 Å². The van der Waals surface area contributed by atoms with Gasteiger partial charge in [-0.25, -0.2) is 0 Å². The molecule has 3 nitrogen and oxygen atoms in total. The lowest BCUT2D eigenvalue weighted by atomic mass is 10.1. The molecule has 0 radical (unpaired) electrons. The number of aliphatic hydroxyl groups is 1. The first-order valence-corrected chi connectivity index (χ1v) is 5.36. The number of aliphatic hydroxyl groups excluding tert-OH is 1. The average molecular weight is 204 g/mol. The largest absolute Gasteiger partial charge is 0.387 e. The van der Waals surface area contributed by atoms with Crippen molar-refractivity contribution < 1.29 is 5.11 Å². The number of rotatable bonds is 3. The van der Waals surface area contributed by atoms with Crippen LogP contribution in [0.1, 0.15) is 24.5 Å². The number of hydrogen-bond donors (Lipinski definition) is 2. The molecule has 0 spiro atoms. The lowest BCUT2D eigenvalue weighted by Crippen LogP contribution is -2.26. The van der Waals surface area contributed by atoms with Crippen molar-refractivity contribution in [3.8, 4) is 0 Å². The second-order valence-corrected chi connectivity index (χ2v) is 3.74. The molecule has 2 N–H and O–H groups in total. The van der Waals surface area contributed by atoms with Crippen LogP contribution in [0.4, 0.5) is 0 Å². The lowest BCUT2D eigenvalue weighted by Gasteiger charge is -2.12. The zero-order chi connectivity index (χ0) is 10.5. The van der Waals surface area contributed by atoms with Gasteiger partial charge in [-0.2, -0.15) is 0 Å². The van der Waals surface area contributed by atoms with Crippen LogP contribution in [0.3, 0.4) is 0 Å². The average Bonchev–Trinajstić information content (AvgIpc) is 2.80. The van der Waals surface area contributed by atoms with E-state index < -0.39 is 6.10 Å². The monoisotopic (exact) mass is 204 g/mol. The Hall–Kier alpha value is -1.35. The minimum absolute atomic E-state index is 0.450. The Morgan fingerprint density at radius 3 is 2.80 bits per heavy atom. The molecule has 1 unspecified atom stereocenters. The molecule has 1 aliphatic heterocycles. The smallest absolute Gasteiger partial charge is 0.0964 e. The van der Waals surface area contributed by atoms with E-state index in [1.807, 2.05) is 30.3 Å². The van der Waals surface area contributed by atoms with Crippen LogP contribution in [0.25, 0.3) is 0 Å². The molecule has 0 fully saturated rings. The second-order valence-electron chi connectivity index (χ2n) is 3.74. The first kappa shape index (κ1) is 10.2. The van der Waals surface area contributed by atoms with Gasteiger partial charge in [-0.15, -0.1) is 0 Å². The van der Waals surface area contributed by atoms with Crippen LogP contribution in [0.5, 0.6) is 0 Å². The van der Waals surface area contributed by atoms with E-state index in [4.69, 9.17) is 0 Å². The van der Waals surface area contributed by atoms with E-state index >= 15 is 0 Å². The fourth-order valence-electron chi connectivity index (χ4n) is 1.69. The predicted octanol–water partition coefficient (Wildman–Crippen LogP) is 1.50. The van der Waals surface area contributed by atoms with Gasteiger partial charge in [0.1, 0.15) is 0 Å². The zero-order valence-corrected chi connectivity index (χ0v) is 8.69. The molecule has 0 saturated carbocycles. The highest BCUT2D eigenvalue weighted by molar-refractivity contribution is 5.83. The van der Waals surface area contributed by atoms with Gasteiger partial charge in [-0.05, 0) is 12.0 Å². The highest BCUT2D eigenvalue weighted by atomic mass is 16.3. The molecule has 1 heterocycles. The Balaban J connectivity index is 1.84. The van der Waals surface area contributed by atoms with Gasteiger partial charge in [0.15, 0.2) is 0 Å². The molecule has 1 aromatic carbocycles. The lowest BCUT2D eigenvalue weighted by molar-refractivity contribution is 0.181. The van der Waals surface area contributed by atoms with Gasteiger partial charge in [-0.3, -0.25) is 4.99 Å². The SMILES string of the molecule is OC(CNC1=NCCC1)c1ccccc1. The molecule has 3 heteroatoms. The van der Waals surface area contributed by atoms with E-state index in [9.17, 15) is 5.11 Å². The molecular formula is C12H16N2O. The van der Waals surface area contributed by atoms with E-state index in [2.05, 4.69) is 10.3 Å². The highest BCUT2D eigenvalue weighted by Crippen LogP contribution is 2.11. The van der Waals surface area contributed by atoms with Gasteiger partial charge in [0.05, 0.1) is 11.9 Å². The predicted molar refractivity (Wildman–Crippen MR) is 60.9 cm³/mol. The fraction of sp³-hybridized carbons (Fsp3) is 0.417. The summed E-state index contributed by atoms with van der Waals surface area (Å²) in [6, 6.07) is 9.69. The number of nitrogens with zero attached hydrogens (tertiary/aromatic N) is 1. The molecule has 2 rings (SSSR count). The third-order valence-electron chi connectivity index (χ3n) is 2.56. The van der Waals surface area contributed by atoms with Gasteiger partial charge < -0.3 is 10.4 Å². The normalized spacial score (nSPS) is 17.3. The molecule has 1 aromatic rings. The maximum Gasteiger partial charge on any atom is 0.0964 e. The summed E-state index contributed by atoms with van der Waals surface area (Å²) in [6.07, 6.45) is 1.69. The number of benzene rings is 1. The van der Waals surface area contributed by atoms with Gasteiger partial charge in [0, 0.05) is 19.5 Å². The molecule has 80 valence electrons. The van der Waals surface area contributed by atoms with Crippen molar-refractivity contribution in [3.05, 3.63) is 35.9 Å². The molecule has 0 amide bonds. The Morgan fingerprint density at radius 2 is 2.13 bits per heavy atom. The zero-order valence-electron chi connectivity index (χ0n) is 8.69. The van der Waals surface area contributed by atoms with Gasteiger partial charge in [0.25, 0.3) is 0 Å². The van der Waals surface area contributed by atoms with Crippen molar-refractivity contribution in [3.63, 3.8) is 0 Å². The van der Waals surface area contributed by atoms with Crippen molar-refractivity contribution in [1.29, 1.82) is 0 Å². The molecule has 0 aromatic heterocycles. The second kappa shape index (κ2) is 4.94. The minimum atomic E-state index is -0.450. The maximum absolute atomic E-state index is 9.86. The number of aliphatic imine (C=N–C) groups is 1. The fourth-order valence-corrected chi connectivity index (χ4v) is 1.69. The Labute approximate surface area is 89.9 Å². The van der Waals surface area contributed by atoms with Crippen molar-refractivity contribution >= 4 is 5.84 Å². The van der Waals surface area contributed by atoms with E-state index in [1.54, 1.807) is 0 Å². The highest BCUT2D eigenvalue weighted by Gasteiger charge is 2.09. The van der Waals surface area contributed by atoms with Crippen molar-refractivity contribution in [2.24, 2.45) is 4.99 Å². The van der Waals surface area contributed by atoms with Gasteiger partial charge in [0.2, 0.25) is 0 Å².